The van der Waals surface area contributed by atoms with Gasteiger partial charge in [0.15, 0.2) is 0 Å². The highest BCUT2D eigenvalue weighted by Gasteiger charge is 2.39. The number of carbonyl (C=O) groups is 1. The number of piperidine rings is 1. The molecule has 2 N–H and O–H groups in total. The number of esters is 1. The monoisotopic (exact) mass is 430 g/mol. The Bertz CT molecular complexity index is 965. The van der Waals surface area contributed by atoms with Crippen molar-refractivity contribution in [2.75, 3.05) is 19.7 Å². The molecule has 0 saturated carbocycles. The van der Waals surface area contributed by atoms with Crippen LogP contribution in [0, 0.1) is 0 Å². The van der Waals surface area contributed by atoms with E-state index in [9.17, 15) is 4.79 Å². The van der Waals surface area contributed by atoms with Gasteiger partial charge in [0.05, 0.1) is 25.3 Å². The lowest BCUT2D eigenvalue weighted by Gasteiger charge is -2.36. The maximum Gasteiger partial charge on any atom is 0.339 e. The highest BCUT2D eigenvalue weighted by molar-refractivity contribution is 5.89. The smallest absolute Gasteiger partial charge is 0.339 e. The Morgan fingerprint density at radius 2 is 1.47 bits per heavy atom. The molecule has 1 aliphatic heterocycles. The Morgan fingerprint density at radius 3 is 2.16 bits per heavy atom. The van der Waals surface area contributed by atoms with Gasteiger partial charge in [-0.25, -0.2) is 4.79 Å². The standard InChI is InChI=1S/C28H31NO3/c30-27(32-28(18-20-29-21-19-28)25-12-5-2-6-13-25)24-14-16-26(17-15-24)31-22-8-7-11-23-9-3-1-4-10-23/h1-6,9-10,12-17,29H,7-8,11,18-22H2/p+1. The van der Waals surface area contributed by atoms with E-state index in [1.54, 1.807) is 12.1 Å². The summed E-state index contributed by atoms with van der Waals surface area (Å²) in [5, 5.41) is 2.28. The highest BCUT2D eigenvalue weighted by Crippen LogP contribution is 2.34. The first-order valence-electron chi connectivity index (χ1n) is 11.6. The minimum atomic E-state index is -0.541. The Labute approximate surface area is 190 Å². The molecule has 3 aromatic rings. The second kappa shape index (κ2) is 11.0. The van der Waals surface area contributed by atoms with E-state index < -0.39 is 5.60 Å². The zero-order chi connectivity index (χ0) is 22.1. The molecule has 1 saturated heterocycles. The number of hydrogen-bond donors (Lipinski definition) is 1. The van der Waals surface area contributed by atoms with Crippen molar-refractivity contribution in [1.82, 2.24) is 0 Å². The number of unbranched alkanes of at least 4 members (excludes halogenated alkanes) is 1. The van der Waals surface area contributed by atoms with Gasteiger partial charge in [-0.15, -0.1) is 0 Å². The van der Waals surface area contributed by atoms with Crippen molar-refractivity contribution >= 4 is 5.97 Å². The van der Waals surface area contributed by atoms with Gasteiger partial charge in [-0.05, 0) is 54.7 Å². The SMILES string of the molecule is O=C(OC1(c2ccccc2)CC[NH2+]CC1)c1ccc(OCCCCc2ccccc2)cc1. The van der Waals surface area contributed by atoms with Crippen molar-refractivity contribution in [3.8, 4) is 5.75 Å². The summed E-state index contributed by atoms with van der Waals surface area (Å²) in [6.07, 6.45) is 4.80. The predicted octanol–water partition coefficient (Wildman–Crippen LogP) is 4.50. The quantitative estimate of drug-likeness (QED) is 0.402. The molecular weight excluding hydrogens is 398 g/mol. The third kappa shape index (κ3) is 5.77. The predicted molar refractivity (Wildman–Crippen MR) is 126 cm³/mol. The largest absolute Gasteiger partial charge is 0.494 e. The fourth-order valence-electron chi connectivity index (χ4n) is 4.32. The van der Waals surface area contributed by atoms with Gasteiger partial charge in [-0.3, -0.25) is 0 Å². The van der Waals surface area contributed by atoms with Crippen LogP contribution >= 0.6 is 0 Å². The molecule has 0 spiro atoms. The van der Waals surface area contributed by atoms with Gasteiger partial charge in [0.2, 0.25) is 0 Å². The van der Waals surface area contributed by atoms with Crippen LogP contribution in [-0.2, 0) is 16.8 Å². The molecular formula is C28H32NO3+. The molecule has 0 bridgehead atoms. The molecule has 4 rings (SSSR count). The average molecular weight is 431 g/mol. The summed E-state index contributed by atoms with van der Waals surface area (Å²) in [4.78, 5) is 13.0. The van der Waals surface area contributed by atoms with E-state index in [0.717, 1.165) is 56.5 Å². The van der Waals surface area contributed by atoms with Gasteiger partial charge < -0.3 is 14.8 Å². The number of ether oxygens (including phenoxy) is 2. The average Bonchev–Trinajstić information content (AvgIpc) is 2.86. The first kappa shape index (κ1) is 22.1. The van der Waals surface area contributed by atoms with Crippen LogP contribution < -0.4 is 10.1 Å². The van der Waals surface area contributed by atoms with Gasteiger partial charge in [0, 0.05) is 12.8 Å². The first-order valence-corrected chi connectivity index (χ1v) is 11.6. The Balaban J connectivity index is 1.29. The third-order valence-corrected chi connectivity index (χ3v) is 6.15. The van der Waals surface area contributed by atoms with Crippen LogP contribution in [0.2, 0.25) is 0 Å². The number of quaternary nitrogens is 1. The van der Waals surface area contributed by atoms with E-state index in [-0.39, 0.29) is 5.97 Å². The number of hydrogen-bond acceptors (Lipinski definition) is 3. The summed E-state index contributed by atoms with van der Waals surface area (Å²) in [6, 6.07) is 28.0. The summed E-state index contributed by atoms with van der Waals surface area (Å²) in [6.45, 7) is 2.59. The number of carbonyl (C=O) groups excluding carboxylic acids is 1. The van der Waals surface area contributed by atoms with Crippen LogP contribution in [0.3, 0.4) is 0 Å². The zero-order valence-electron chi connectivity index (χ0n) is 18.5. The van der Waals surface area contributed by atoms with Gasteiger partial charge in [-0.1, -0.05) is 60.7 Å². The molecule has 1 heterocycles. The lowest BCUT2D eigenvalue weighted by molar-refractivity contribution is -0.668. The van der Waals surface area contributed by atoms with E-state index in [2.05, 4.69) is 41.7 Å². The van der Waals surface area contributed by atoms with Crippen LogP contribution in [0.1, 0.15) is 47.2 Å². The van der Waals surface area contributed by atoms with Crippen LogP contribution in [0.4, 0.5) is 0 Å². The van der Waals surface area contributed by atoms with Crippen LogP contribution in [0.5, 0.6) is 5.75 Å². The Hall–Kier alpha value is -3.11. The summed E-state index contributed by atoms with van der Waals surface area (Å²) in [5.41, 5.74) is 2.46. The van der Waals surface area contributed by atoms with Crippen LogP contribution in [0.25, 0.3) is 0 Å². The Morgan fingerprint density at radius 1 is 0.812 bits per heavy atom. The minimum absolute atomic E-state index is 0.273. The highest BCUT2D eigenvalue weighted by atomic mass is 16.6. The molecule has 1 aliphatic rings. The van der Waals surface area contributed by atoms with Crippen molar-refractivity contribution in [3.63, 3.8) is 0 Å². The van der Waals surface area contributed by atoms with E-state index in [0.29, 0.717) is 12.2 Å². The van der Waals surface area contributed by atoms with Crippen LogP contribution in [0.15, 0.2) is 84.9 Å². The topological polar surface area (TPSA) is 52.1 Å². The summed E-state index contributed by atoms with van der Waals surface area (Å²) in [5.74, 6) is 0.511. The second-order valence-electron chi connectivity index (χ2n) is 8.43. The van der Waals surface area contributed by atoms with Crippen molar-refractivity contribution in [2.24, 2.45) is 0 Å². The number of benzene rings is 3. The number of nitrogens with two attached hydrogens (primary N) is 1. The number of aryl methyl sites for hydroxylation is 1. The summed E-state index contributed by atoms with van der Waals surface area (Å²) in [7, 11) is 0. The maximum atomic E-state index is 13.0. The van der Waals surface area contributed by atoms with E-state index >= 15 is 0 Å². The molecule has 4 nitrogen and oxygen atoms in total. The normalized spacial score (nSPS) is 15.1. The van der Waals surface area contributed by atoms with Crippen molar-refractivity contribution in [1.29, 1.82) is 0 Å². The van der Waals surface area contributed by atoms with E-state index in [1.165, 1.54) is 5.56 Å². The van der Waals surface area contributed by atoms with Gasteiger partial charge in [0.1, 0.15) is 11.4 Å². The molecule has 4 heteroatoms. The van der Waals surface area contributed by atoms with Crippen LogP contribution in [-0.4, -0.2) is 25.7 Å². The molecule has 3 aromatic carbocycles. The molecule has 0 aliphatic carbocycles. The van der Waals surface area contributed by atoms with Gasteiger partial charge >= 0.3 is 5.97 Å². The zero-order valence-corrected chi connectivity index (χ0v) is 18.5. The van der Waals surface area contributed by atoms with Gasteiger partial charge in [0.25, 0.3) is 0 Å². The summed E-state index contributed by atoms with van der Waals surface area (Å²) < 4.78 is 12.0. The maximum absolute atomic E-state index is 13.0. The molecule has 0 aromatic heterocycles. The Kier molecular flexibility index (Phi) is 7.57. The second-order valence-corrected chi connectivity index (χ2v) is 8.43. The molecule has 0 atom stereocenters. The molecule has 1 fully saturated rings. The molecule has 166 valence electrons. The molecule has 32 heavy (non-hydrogen) atoms. The molecule has 0 radical (unpaired) electrons. The fraction of sp³-hybridized carbons (Fsp3) is 0.321. The van der Waals surface area contributed by atoms with Crippen molar-refractivity contribution in [2.45, 2.75) is 37.7 Å². The lowest BCUT2D eigenvalue weighted by atomic mass is 9.84. The number of rotatable bonds is 9. The first-order chi connectivity index (χ1) is 15.8. The fourth-order valence-corrected chi connectivity index (χ4v) is 4.32. The molecule has 0 amide bonds. The lowest BCUT2D eigenvalue weighted by Crippen LogP contribution is -2.87. The molecule has 0 unspecified atom stereocenters. The van der Waals surface area contributed by atoms with Gasteiger partial charge in [-0.2, -0.15) is 0 Å². The van der Waals surface area contributed by atoms with E-state index in [4.69, 9.17) is 9.47 Å². The summed E-state index contributed by atoms with van der Waals surface area (Å²) >= 11 is 0. The minimum Gasteiger partial charge on any atom is -0.494 e. The third-order valence-electron chi connectivity index (χ3n) is 6.15. The van der Waals surface area contributed by atoms with Crippen molar-refractivity contribution in [3.05, 3.63) is 102 Å². The van der Waals surface area contributed by atoms with Crippen molar-refractivity contribution < 1.29 is 19.6 Å². The van der Waals surface area contributed by atoms with E-state index in [1.807, 2.05) is 36.4 Å².